The number of pyridine rings is 1. The lowest BCUT2D eigenvalue weighted by molar-refractivity contribution is 0.0950. The Kier molecular flexibility index (Phi) is 4.04. The number of rotatable bonds is 4. The molecule has 1 aromatic heterocycles. The summed E-state index contributed by atoms with van der Waals surface area (Å²) in [6.07, 6.45) is 2.74. The highest BCUT2D eigenvalue weighted by Gasteiger charge is 2.18. The van der Waals surface area contributed by atoms with E-state index in [2.05, 4.69) is 52.8 Å². The molecule has 0 atom stereocenters. The van der Waals surface area contributed by atoms with Crippen LogP contribution in [0.15, 0.2) is 60.8 Å². The Hall–Kier alpha value is -2.98. The summed E-state index contributed by atoms with van der Waals surface area (Å²) in [5.74, 6) is -0.195. The second-order valence-electron chi connectivity index (χ2n) is 6.18. The molecule has 1 amide bonds. The van der Waals surface area contributed by atoms with Crippen molar-refractivity contribution in [3.05, 3.63) is 77.6 Å². The fraction of sp³-hybridized carbons (Fsp3) is 0.143. The molecule has 124 valence electrons. The molecule has 4 nitrogen and oxygen atoms in total. The first-order valence-corrected chi connectivity index (χ1v) is 8.42. The molecule has 0 unspecified atom stereocenters. The fourth-order valence-corrected chi connectivity index (χ4v) is 3.28. The van der Waals surface area contributed by atoms with Crippen LogP contribution >= 0.6 is 0 Å². The van der Waals surface area contributed by atoms with E-state index in [1.54, 1.807) is 12.3 Å². The van der Waals surface area contributed by atoms with Gasteiger partial charge in [-0.3, -0.25) is 9.78 Å². The van der Waals surface area contributed by atoms with E-state index in [1.807, 2.05) is 6.07 Å². The van der Waals surface area contributed by atoms with Gasteiger partial charge in [0.15, 0.2) is 0 Å². The van der Waals surface area contributed by atoms with E-state index in [4.69, 9.17) is 5.73 Å². The van der Waals surface area contributed by atoms with Crippen LogP contribution in [0.3, 0.4) is 0 Å². The summed E-state index contributed by atoms with van der Waals surface area (Å²) in [5.41, 5.74) is 13.2. The first kappa shape index (κ1) is 15.5. The molecule has 1 aliphatic rings. The number of carbonyl (C=O) groups is 1. The number of aromatic nitrogens is 1. The fourth-order valence-electron chi connectivity index (χ4n) is 3.28. The molecule has 1 aliphatic carbocycles. The Morgan fingerprint density at radius 3 is 2.60 bits per heavy atom. The van der Waals surface area contributed by atoms with Gasteiger partial charge in [-0.1, -0.05) is 42.5 Å². The van der Waals surface area contributed by atoms with Crippen LogP contribution in [-0.4, -0.2) is 24.0 Å². The maximum atomic E-state index is 11.9. The van der Waals surface area contributed by atoms with E-state index in [-0.39, 0.29) is 5.91 Å². The van der Waals surface area contributed by atoms with Crippen LogP contribution in [0.25, 0.3) is 22.3 Å². The van der Waals surface area contributed by atoms with Gasteiger partial charge < -0.3 is 11.1 Å². The minimum atomic E-state index is -0.195. The van der Waals surface area contributed by atoms with Crippen molar-refractivity contribution < 1.29 is 4.79 Å². The van der Waals surface area contributed by atoms with Crippen LogP contribution < -0.4 is 11.1 Å². The molecule has 2 aromatic carbocycles. The predicted octanol–water partition coefficient (Wildman–Crippen LogP) is 3.01. The Morgan fingerprint density at radius 2 is 1.80 bits per heavy atom. The molecule has 0 bridgehead atoms. The normalized spacial score (nSPS) is 11.7. The average Bonchev–Trinajstić information content (AvgIpc) is 3.04. The number of hydrogen-bond acceptors (Lipinski definition) is 3. The summed E-state index contributed by atoms with van der Waals surface area (Å²) in [6.45, 7) is 0.868. The molecular formula is C21H19N3O. The van der Waals surface area contributed by atoms with Crippen LogP contribution in [-0.2, 0) is 6.42 Å². The zero-order chi connectivity index (χ0) is 17.2. The van der Waals surface area contributed by atoms with Gasteiger partial charge in [-0.15, -0.1) is 0 Å². The van der Waals surface area contributed by atoms with E-state index in [1.165, 1.54) is 22.3 Å². The number of nitrogens with zero attached hydrogens (tertiary/aromatic N) is 1. The standard InChI is InChI=1S/C21H19N3O/c22-9-10-23-21(25)20-8-7-17(13-24-20)14-5-6-16-11-15-3-1-2-4-18(15)19(16)12-14/h1-8,12-13H,9-11,22H2,(H,23,25). The van der Waals surface area contributed by atoms with Gasteiger partial charge in [0.1, 0.15) is 5.69 Å². The van der Waals surface area contributed by atoms with Crippen LogP contribution in [0.1, 0.15) is 21.6 Å². The van der Waals surface area contributed by atoms with Crippen molar-refractivity contribution in [2.24, 2.45) is 5.73 Å². The molecule has 4 heteroatoms. The van der Waals surface area contributed by atoms with Crippen molar-refractivity contribution >= 4 is 5.91 Å². The molecule has 3 aromatic rings. The average molecular weight is 329 g/mol. The van der Waals surface area contributed by atoms with E-state index in [0.717, 1.165) is 17.5 Å². The van der Waals surface area contributed by atoms with Crippen molar-refractivity contribution in [1.29, 1.82) is 0 Å². The second-order valence-corrected chi connectivity index (χ2v) is 6.18. The number of nitrogens with one attached hydrogen (secondary N) is 1. The zero-order valence-electron chi connectivity index (χ0n) is 13.8. The molecule has 25 heavy (non-hydrogen) atoms. The number of nitrogens with two attached hydrogens (primary N) is 1. The van der Waals surface area contributed by atoms with Crippen molar-refractivity contribution in [2.75, 3.05) is 13.1 Å². The van der Waals surface area contributed by atoms with Gasteiger partial charge in [0.25, 0.3) is 5.91 Å². The van der Waals surface area contributed by atoms with Crippen LogP contribution in [0, 0.1) is 0 Å². The third kappa shape index (κ3) is 2.92. The molecule has 0 radical (unpaired) electrons. The summed E-state index contributed by atoms with van der Waals surface area (Å²) < 4.78 is 0. The minimum absolute atomic E-state index is 0.195. The number of hydrogen-bond donors (Lipinski definition) is 2. The van der Waals surface area contributed by atoms with Gasteiger partial charge in [0.05, 0.1) is 0 Å². The summed E-state index contributed by atoms with van der Waals surface area (Å²) in [7, 11) is 0. The highest BCUT2D eigenvalue weighted by molar-refractivity contribution is 5.92. The predicted molar refractivity (Wildman–Crippen MR) is 99.3 cm³/mol. The van der Waals surface area contributed by atoms with E-state index in [0.29, 0.717) is 18.8 Å². The molecule has 0 spiro atoms. The lowest BCUT2D eigenvalue weighted by Gasteiger charge is -2.07. The molecule has 3 N–H and O–H groups in total. The van der Waals surface area contributed by atoms with E-state index < -0.39 is 0 Å². The Morgan fingerprint density at radius 1 is 1.00 bits per heavy atom. The largest absolute Gasteiger partial charge is 0.349 e. The van der Waals surface area contributed by atoms with Crippen LogP contribution in [0.4, 0.5) is 0 Å². The maximum Gasteiger partial charge on any atom is 0.269 e. The molecule has 0 aliphatic heterocycles. The van der Waals surface area contributed by atoms with Crippen LogP contribution in [0.5, 0.6) is 0 Å². The molecule has 1 heterocycles. The monoisotopic (exact) mass is 329 g/mol. The molecule has 4 rings (SSSR count). The maximum absolute atomic E-state index is 11.9. The van der Waals surface area contributed by atoms with Gasteiger partial charge in [-0.05, 0) is 46.4 Å². The summed E-state index contributed by atoms with van der Waals surface area (Å²) in [6, 6.07) is 18.7. The SMILES string of the molecule is NCCNC(=O)c1ccc(-c2ccc3c(c2)-c2ccccc2C3)cn1. The molecule has 0 fully saturated rings. The third-order valence-electron chi connectivity index (χ3n) is 4.56. The van der Waals surface area contributed by atoms with Gasteiger partial charge in [-0.2, -0.15) is 0 Å². The smallest absolute Gasteiger partial charge is 0.269 e. The Bertz CT molecular complexity index is 932. The number of carbonyl (C=O) groups excluding carboxylic acids is 1. The van der Waals surface area contributed by atoms with Crippen molar-refractivity contribution in [3.8, 4) is 22.3 Å². The van der Waals surface area contributed by atoms with E-state index >= 15 is 0 Å². The van der Waals surface area contributed by atoms with Gasteiger partial charge >= 0.3 is 0 Å². The highest BCUT2D eigenvalue weighted by atomic mass is 16.1. The minimum Gasteiger partial charge on any atom is -0.349 e. The summed E-state index contributed by atoms with van der Waals surface area (Å²) >= 11 is 0. The highest BCUT2D eigenvalue weighted by Crippen LogP contribution is 2.38. The van der Waals surface area contributed by atoms with Crippen molar-refractivity contribution in [3.63, 3.8) is 0 Å². The Labute approximate surface area is 146 Å². The second kappa shape index (κ2) is 6.49. The molecule has 0 saturated heterocycles. The topological polar surface area (TPSA) is 68.0 Å². The molecular weight excluding hydrogens is 310 g/mol. The lowest BCUT2D eigenvalue weighted by Crippen LogP contribution is -2.29. The molecule has 0 saturated carbocycles. The van der Waals surface area contributed by atoms with Gasteiger partial charge in [0, 0.05) is 24.8 Å². The first-order chi connectivity index (χ1) is 12.3. The van der Waals surface area contributed by atoms with Gasteiger partial charge in [0.2, 0.25) is 0 Å². The Balaban J connectivity index is 1.63. The van der Waals surface area contributed by atoms with E-state index in [9.17, 15) is 4.79 Å². The number of amides is 1. The van der Waals surface area contributed by atoms with Gasteiger partial charge in [-0.25, -0.2) is 0 Å². The third-order valence-corrected chi connectivity index (χ3v) is 4.56. The quantitative estimate of drug-likeness (QED) is 0.605. The summed E-state index contributed by atoms with van der Waals surface area (Å²) in [5, 5.41) is 2.73. The zero-order valence-corrected chi connectivity index (χ0v) is 13.8. The summed E-state index contributed by atoms with van der Waals surface area (Å²) in [4.78, 5) is 16.2. The lowest BCUT2D eigenvalue weighted by atomic mass is 9.99. The number of fused-ring (bicyclic) bond motifs is 3. The first-order valence-electron chi connectivity index (χ1n) is 8.42. The number of benzene rings is 2. The van der Waals surface area contributed by atoms with Crippen molar-refractivity contribution in [2.45, 2.75) is 6.42 Å². The van der Waals surface area contributed by atoms with Crippen molar-refractivity contribution in [1.82, 2.24) is 10.3 Å². The van der Waals surface area contributed by atoms with Crippen LogP contribution in [0.2, 0.25) is 0 Å².